The summed E-state index contributed by atoms with van der Waals surface area (Å²) in [6, 6.07) is 17.2. The van der Waals surface area contributed by atoms with Crippen LogP contribution < -0.4 is 20.3 Å². The molecule has 0 aromatic heterocycles. The number of nitrogens with one attached hydrogen (secondary N) is 2. The molecule has 0 radical (unpaired) electrons. The van der Waals surface area contributed by atoms with Gasteiger partial charge in [-0.25, -0.2) is 0 Å². The summed E-state index contributed by atoms with van der Waals surface area (Å²) in [4.78, 5) is 26.2. The van der Waals surface area contributed by atoms with E-state index in [1.54, 1.807) is 13.1 Å². The number of fused-ring (bicyclic) bond motifs is 1. The van der Waals surface area contributed by atoms with Gasteiger partial charge >= 0.3 is 0 Å². The summed E-state index contributed by atoms with van der Waals surface area (Å²) < 4.78 is 5.74. The van der Waals surface area contributed by atoms with E-state index in [4.69, 9.17) is 4.74 Å². The van der Waals surface area contributed by atoms with Crippen molar-refractivity contribution in [1.82, 2.24) is 10.6 Å². The number of amides is 2. The first-order chi connectivity index (χ1) is 12.2. The molecule has 1 heterocycles. The van der Waals surface area contributed by atoms with Gasteiger partial charge in [0.2, 0.25) is 5.91 Å². The third kappa shape index (κ3) is 4.09. The zero-order chi connectivity index (χ0) is 17.6. The fourth-order valence-electron chi connectivity index (χ4n) is 2.78. The molecule has 0 fully saturated rings. The van der Waals surface area contributed by atoms with Gasteiger partial charge < -0.3 is 20.3 Å². The Kier molecular flexibility index (Phi) is 5.18. The van der Waals surface area contributed by atoms with Gasteiger partial charge in [-0.3, -0.25) is 9.59 Å². The van der Waals surface area contributed by atoms with Gasteiger partial charge in [-0.05, 0) is 17.7 Å². The summed E-state index contributed by atoms with van der Waals surface area (Å²) in [5.41, 5.74) is 1.86. The SMILES string of the molecule is CNC(=O)C1CN(CC(=O)NCc2ccccc2)c2ccccc2O1. The smallest absolute Gasteiger partial charge is 0.262 e. The van der Waals surface area contributed by atoms with Crippen LogP contribution in [-0.2, 0) is 16.1 Å². The van der Waals surface area contributed by atoms with Gasteiger partial charge in [0.1, 0.15) is 5.75 Å². The first kappa shape index (κ1) is 16.8. The summed E-state index contributed by atoms with van der Waals surface area (Å²) in [5.74, 6) is 0.304. The second-order valence-corrected chi connectivity index (χ2v) is 5.83. The van der Waals surface area contributed by atoms with Crippen molar-refractivity contribution in [3.63, 3.8) is 0 Å². The lowest BCUT2D eigenvalue weighted by molar-refractivity contribution is -0.127. The maximum atomic E-state index is 12.3. The van der Waals surface area contributed by atoms with E-state index in [-0.39, 0.29) is 18.4 Å². The minimum Gasteiger partial charge on any atom is -0.477 e. The quantitative estimate of drug-likeness (QED) is 0.862. The van der Waals surface area contributed by atoms with Gasteiger partial charge in [-0.2, -0.15) is 0 Å². The Labute approximate surface area is 146 Å². The average Bonchev–Trinajstić information content (AvgIpc) is 2.66. The van der Waals surface area contributed by atoms with Crippen LogP contribution in [0.4, 0.5) is 5.69 Å². The molecule has 2 aromatic rings. The maximum absolute atomic E-state index is 12.3. The highest BCUT2D eigenvalue weighted by atomic mass is 16.5. The standard InChI is InChI=1S/C19H21N3O3/c1-20-19(24)17-12-22(15-9-5-6-10-16(15)25-17)13-18(23)21-11-14-7-3-2-4-8-14/h2-10,17H,11-13H2,1H3,(H,20,24)(H,21,23). The molecule has 2 aromatic carbocycles. The van der Waals surface area contributed by atoms with Crippen molar-refractivity contribution in [2.45, 2.75) is 12.6 Å². The lowest BCUT2D eigenvalue weighted by Gasteiger charge is -2.35. The fraction of sp³-hybridized carbons (Fsp3) is 0.263. The molecule has 6 nitrogen and oxygen atoms in total. The highest BCUT2D eigenvalue weighted by Gasteiger charge is 2.30. The molecule has 2 amide bonds. The second kappa shape index (κ2) is 7.70. The van der Waals surface area contributed by atoms with E-state index in [2.05, 4.69) is 10.6 Å². The Hall–Kier alpha value is -3.02. The molecule has 0 spiro atoms. The van der Waals surface area contributed by atoms with Gasteiger partial charge in [0, 0.05) is 13.6 Å². The molecule has 0 bridgehead atoms. The van der Waals surface area contributed by atoms with Crippen molar-refractivity contribution in [3.8, 4) is 5.75 Å². The number of carbonyl (C=O) groups is 2. The molecule has 1 aliphatic rings. The number of anilines is 1. The number of hydrogen-bond acceptors (Lipinski definition) is 4. The summed E-state index contributed by atoms with van der Waals surface area (Å²) in [7, 11) is 1.57. The fourth-order valence-corrected chi connectivity index (χ4v) is 2.78. The molecule has 3 rings (SSSR count). The van der Waals surface area contributed by atoms with E-state index >= 15 is 0 Å². The van der Waals surface area contributed by atoms with Crippen LogP contribution in [-0.4, -0.2) is 38.1 Å². The predicted octanol–water partition coefficient (Wildman–Crippen LogP) is 1.32. The number of nitrogens with zero attached hydrogens (tertiary/aromatic N) is 1. The molecule has 0 saturated heterocycles. The Bertz CT molecular complexity index is 749. The molecule has 1 unspecified atom stereocenters. The largest absolute Gasteiger partial charge is 0.477 e. The second-order valence-electron chi connectivity index (χ2n) is 5.83. The van der Waals surface area contributed by atoms with Crippen LogP contribution in [0.25, 0.3) is 0 Å². The monoisotopic (exact) mass is 339 g/mol. The van der Waals surface area contributed by atoms with Crippen LogP contribution in [0.1, 0.15) is 5.56 Å². The maximum Gasteiger partial charge on any atom is 0.262 e. The molecule has 0 aliphatic carbocycles. The number of ether oxygens (including phenoxy) is 1. The van der Waals surface area contributed by atoms with E-state index in [1.165, 1.54) is 0 Å². The van der Waals surface area contributed by atoms with E-state index in [1.807, 2.05) is 53.4 Å². The number of para-hydroxylation sites is 2. The molecule has 6 heteroatoms. The molecule has 2 N–H and O–H groups in total. The number of carbonyl (C=O) groups excluding carboxylic acids is 2. The molecular formula is C19H21N3O3. The van der Waals surface area contributed by atoms with Crippen LogP contribution in [0.15, 0.2) is 54.6 Å². The Morgan fingerprint density at radius 2 is 1.84 bits per heavy atom. The first-order valence-corrected chi connectivity index (χ1v) is 8.20. The van der Waals surface area contributed by atoms with Gasteiger partial charge in [0.15, 0.2) is 6.10 Å². The minimum absolute atomic E-state index is 0.101. The minimum atomic E-state index is -0.637. The van der Waals surface area contributed by atoms with Crippen molar-refractivity contribution in [3.05, 3.63) is 60.2 Å². The molecule has 1 atom stereocenters. The van der Waals surface area contributed by atoms with Gasteiger partial charge in [0.05, 0.1) is 18.8 Å². The zero-order valence-electron chi connectivity index (χ0n) is 14.1. The summed E-state index contributed by atoms with van der Waals surface area (Å²) in [5, 5.41) is 5.51. The molecule has 0 saturated carbocycles. The van der Waals surface area contributed by atoms with Gasteiger partial charge in [0.25, 0.3) is 5.91 Å². The summed E-state index contributed by atoms with van der Waals surface area (Å²) in [6.07, 6.45) is -0.637. The molecule has 25 heavy (non-hydrogen) atoms. The lowest BCUT2D eigenvalue weighted by atomic mass is 10.1. The van der Waals surface area contributed by atoms with E-state index in [0.717, 1.165) is 11.3 Å². The predicted molar refractivity (Wildman–Crippen MR) is 95.4 cm³/mol. The third-order valence-corrected chi connectivity index (χ3v) is 4.07. The molecular weight excluding hydrogens is 318 g/mol. The number of benzene rings is 2. The Balaban J connectivity index is 1.67. The van der Waals surface area contributed by atoms with Crippen LogP contribution in [0, 0.1) is 0 Å². The third-order valence-electron chi connectivity index (χ3n) is 4.07. The van der Waals surface area contributed by atoms with Crippen LogP contribution in [0.2, 0.25) is 0 Å². The van der Waals surface area contributed by atoms with E-state index in [0.29, 0.717) is 18.8 Å². The molecule has 130 valence electrons. The highest BCUT2D eigenvalue weighted by molar-refractivity contribution is 5.86. The number of hydrogen-bond donors (Lipinski definition) is 2. The molecule has 1 aliphatic heterocycles. The highest BCUT2D eigenvalue weighted by Crippen LogP contribution is 2.32. The van der Waals surface area contributed by atoms with Gasteiger partial charge in [-0.1, -0.05) is 42.5 Å². The zero-order valence-corrected chi connectivity index (χ0v) is 14.1. The number of likely N-dealkylation sites (N-methyl/N-ethyl adjacent to an activating group) is 1. The van der Waals surface area contributed by atoms with E-state index in [9.17, 15) is 9.59 Å². The van der Waals surface area contributed by atoms with Crippen molar-refractivity contribution in [2.24, 2.45) is 0 Å². The van der Waals surface area contributed by atoms with Crippen LogP contribution in [0.3, 0.4) is 0 Å². The van der Waals surface area contributed by atoms with Crippen molar-refractivity contribution in [1.29, 1.82) is 0 Å². The van der Waals surface area contributed by atoms with Crippen LogP contribution in [0.5, 0.6) is 5.75 Å². The topological polar surface area (TPSA) is 70.7 Å². The normalized spacial score (nSPS) is 15.7. The van der Waals surface area contributed by atoms with Gasteiger partial charge in [-0.15, -0.1) is 0 Å². The summed E-state index contributed by atoms with van der Waals surface area (Å²) >= 11 is 0. The van der Waals surface area contributed by atoms with Crippen molar-refractivity contribution >= 4 is 17.5 Å². The van der Waals surface area contributed by atoms with Crippen molar-refractivity contribution < 1.29 is 14.3 Å². The first-order valence-electron chi connectivity index (χ1n) is 8.20. The average molecular weight is 339 g/mol. The number of rotatable bonds is 5. The van der Waals surface area contributed by atoms with Crippen molar-refractivity contribution in [2.75, 3.05) is 25.0 Å². The lowest BCUT2D eigenvalue weighted by Crippen LogP contribution is -2.50. The Morgan fingerprint density at radius 3 is 2.60 bits per heavy atom. The van der Waals surface area contributed by atoms with Crippen LogP contribution >= 0.6 is 0 Å². The Morgan fingerprint density at radius 1 is 1.12 bits per heavy atom. The summed E-state index contributed by atoms with van der Waals surface area (Å²) in [6.45, 7) is 0.973. The van der Waals surface area contributed by atoms with E-state index < -0.39 is 6.10 Å².